The molecule has 0 unspecified atom stereocenters. The van der Waals surface area contributed by atoms with Gasteiger partial charge in [-0.2, -0.15) is 0 Å². The molecule has 0 aromatic carbocycles. The van der Waals surface area contributed by atoms with E-state index in [-0.39, 0.29) is 35.4 Å². The second kappa shape index (κ2) is 9.90. The van der Waals surface area contributed by atoms with E-state index >= 15 is 0 Å². The number of nitrogens with zero attached hydrogens (tertiary/aromatic N) is 4. The third-order valence-corrected chi connectivity index (χ3v) is 4.74. The molecular formula is C20H25N5O8. The van der Waals surface area contributed by atoms with E-state index < -0.39 is 42.4 Å². The zero-order valence-corrected chi connectivity index (χ0v) is 18.8. The maximum atomic E-state index is 12.1. The zero-order valence-electron chi connectivity index (χ0n) is 18.8. The SMILES string of the molecule is CC(=O)OC[C@H]1O[C@@H](n2cnc3c(NC(=O)C(C)C)ncnc32)[C@H](OC(C)=O)[C@@H]1OC(C)=O. The van der Waals surface area contributed by atoms with Crippen LogP contribution in [0.1, 0.15) is 40.8 Å². The molecule has 1 N–H and O–H groups in total. The molecule has 178 valence electrons. The maximum Gasteiger partial charge on any atom is 0.303 e. The van der Waals surface area contributed by atoms with Crippen molar-refractivity contribution in [2.45, 2.75) is 59.2 Å². The summed E-state index contributed by atoms with van der Waals surface area (Å²) in [4.78, 5) is 59.6. The second-order valence-corrected chi connectivity index (χ2v) is 7.71. The molecule has 4 atom stereocenters. The lowest BCUT2D eigenvalue weighted by molar-refractivity contribution is -0.166. The van der Waals surface area contributed by atoms with Crippen molar-refractivity contribution < 1.29 is 38.1 Å². The summed E-state index contributed by atoms with van der Waals surface area (Å²) in [7, 11) is 0. The van der Waals surface area contributed by atoms with Crippen LogP contribution in [0.4, 0.5) is 5.82 Å². The van der Waals surface area contributed by atoms with Gasteiger partial charge in [0.1, 0.15) is 19.0 Å². The number of aromatic nitrogens is 4. The van der Waals surface area contributed by atoms with Gasteiger partial charge in [0, 0.05) is 26.7 Å². The molecule has 1 saturated heterocycles. The molecule has 13 heteroatoms. The molecule has 2 aromatic rings. The van der Waals surface area contributed by atoms with E-state index in [4.69, 9.17) is 18.9 Å². The molecule has 0 aliphatic carbocycles. The fraction of sp³-hybridized carbons (Fsp3) is 0.550. The van der Waals surface area contributed by atoms with Crippen LogP contribution in [-0.2, 0) is 38.1 Å². The van der Waals surface area contributed by atoms with Crippen molar-refractivity contribution in [2.75, 3.05) is 11.9 Å². The smallest absolute Gasteiger partial charge is 0.303 e. The van der Waals surface area contributed by atoms with Crippen molar-refractivity contribution in [1.82, 2.24) is 19.5 Å². The van der Waals surface area contributed by atoms with Crippen LogP contribution in [-0.4, -0.2) is 68.3 Å². The highest BCUT2D eigenvalue weighted by atomic mass is 16.7. The van der Waals surface area contributed by atoms with Crippen molar-refractivity contribution in [1.29, 1.82) is 0 Å². The molecule has 0 spiro atoms. The largest absolute Gasteiger partial charge is 0.463 e. The van der Waals surface area contributed by atoms with E-state index in [9.17, 15) is 19.2 Å². The van der Waals surface area contributed by atoms with Crippen LogP contribution in [0.2, 0.25) is 0 Å². The predicted molar refractivity (Wildman–Crippen MR) is 110 cm³/mol. The number of amides is 1. The van der Waals surface area contributed by atoms with E-state index in [0.29, 0.717) is 0 Å². The van der Waals surface area contributed by atoms with Crippen LogP contribution in [0.5, 0.6) is 0 Å². The number of hydrogen-bond donors (Lipinski definition) is 1. The summed E-state index contributed by atoms with van der Waals surface area (Å²) in [6, 6.07) is 0. The summed E-state index contributed by atoms with van der Waals surface area (Å²) >= 11 is 0. The first kappa shape index (κ1) is 24.0. The van der Waals surface area contributed by atoms with Gasteiger partial charge in [-0.15, -0.1) is 0 Å². The average molecular weight is 463 g/mol. The van der Waals surface area contributed by atoms with Crippen molar-refractivity contribution in [3.8, 4) is 0 Å². The summed E-state index contributed by atoms with van der Waals surface area (Å²) in [5.41, 5.74) is 0.560. The van der Waals surface area contributed by atoms with Crippen LogP contribution >= 0.6 is 0 Å². The fourth-order valence-corrected chi connectivity index (χ4v) is 3.31. The molecular weight excluding hydrogens is 438 g/mol. The van der Waals surface area contributed by atoms with Gasteiger partial charge in [-0.3, -0.25) is 23.7 Å². The Morgan fingerprint density at radius 3 is 2.30 bits per heavy atom. The van der Waals surface area contributed by atoms with Gasteiger partial charge >= 0.3 is 17.9 Å². The Hall–Kier alpha value is -3.61. The van der Waals surface area contributed by atoms with E-state index in [2.05, 4.69) is 20.3 Å². The Bertz CT molecular complexity index is 1070. The van der Waals surface area contributed by atoms with E-state index in [0.717, 1.165) is 0 Å². The highest BCUT2D eigenvalue weighted by Gasteiger charge is 2.51. The van der Waals surface area contributed by atoms with Crippen molar-refractivity contribution in [2.24, 2.45) is 5.92 Å². The highest BCUT2D eigenvalue weighted by Crippen LogP contribution is 2.36. The summed E-state index contributed by atoms with van der Waals surface area (Å²) in [6.07, 6.45) is -1.47. The number of carbonyl (C=O) groups excluding carboxylic acids is 4. The van der Waals surface area contributed by atoms with Crippen molar-refractivity contribution in [3.63, 3.8) is 0 Å². The van der Waals surface area contributed by atoms with Crippen LogP contribution in [0.15, 0.2) is 12.7 Å². The van der Waals surface area contributed by atoms with Crippen molar-refractivity contribution in [3.05, 3.63) is 12.7 Å². The number of imidazole rings is 1. The number of esters is 3. The minimum Gasteiger partial charge on any atom is -0.463 e. The molecule has 33 heavy (non-hydrogen) atoms. The minimum atomic E-state index is -1.09. The first-order valence-electron chi connectivity index (χ1n) is 10.2. The molecule has 1 fully saturated rings. The van der Waals surface area contributed by atoms with Crippen LogP contribution in [0.3, 0.4) is 0 Å². The number of nitrogens with one attached hydrogen (secondary N) is 1. The Kier molecular flexibility index (Phi) is 7.21. The van der Waals surface area contributed by atoms with Gasteiger partial charge in [-0.25, -0.2) is 15.0 Å². The topological polar surface area (TPSA) is 161 Å². The lowest BCUT2D eigenvalue weighted by atomic mass is 10.1. The molecule has 0 saturated carbocycles. The Labute approximate surface area is 188 Å². The van der Waals surface area contributed by atoms with Gasteiger partial charge in [0.25, 0.3) is 0 Å². The number of rotatable bonds is 7. The van der Waals surface area contributed by atoms with Gasteiger partial charge in [0.15, 0.2) is 35.4 Å². The van der Waals surface area contributed by atoms with Crippen LogP contribution in [0.25, 0.3) is 11.2 Å². The quantitative estimate of drug-likeness (QED) is 0.455. The normalized spacial score (nSPS) is 22.2. The van der Waals surface area contributed by atoms with Gasteiger partial charge in [-0.05, 0) is 0 Å². The average Bonchev–Trinajstić information content (AvgIpc) is 3.28. The number of carbonyl (C=O) groups is 4. The maximum absolute atomic E-state index is 12.1. The molecule has 0 radical (unpaired) electrons. The van der Waals surface area contributed by atoms with Gasteiger partial charge in [-0.1, -0.05) is 13.8 Å². The highest BCUT2D eigenvalue weighted by molar-refractivity contribution is 5.97. The monoisotopic (exact) mass is 463 g/mol. The third-order valence-electron chi connectivity index (χ3n) is 4.74. The first-order valence-corrected chi connectivity index (χ1v) is 10.2. The molecule has 3 heterocycles. The van der Waals surface area contributed by atoms with Gasteiger partial charge in [0.2, 0.25) is 5.91 Å². The third kappa shape index (κ3) is 5.42. The van der Waals surface area contributed by atoms with Crippen LogP contribution in [0, 0.1) is 5.92 Å². The molecule has 0 bridgehead atoms. The molecule has 3 rings (SSSR count). The molecule has 1 amide bonds. The molecule has 2 aromatic heterocycles. The summed E-state index contributed by atoms with van der Waals surface area (Å²) in [5.74, 6) is -2.16. The fourth-order valence-electron chi connectivity index (χ4n) is 3.31. The minimum absolute atomic E-state index is 0.201. The number of ether oxygens (including phenoxy) is 4. The van der Waals surface area contributed by atoms with Gasteiger partial charge < -0.3 is 24.3 Å². The molecule has 1 aliphatic rings. The Balaban J connectivity index is 2.01. The standard InChI is InChI=1S/C20H25N5O8/c1-9(2)19(29)24-17-14-18(22-7-21-17)25(8-23-14)20-16(32-12(5)28)15(31-11(4)27)13(33-20)6-30-10(3)26/h7-9,13,15-16,20H,6H2,1-5H3,(H,21,22,24,29)/t13-,15-,16-,20-/m1/s1. The molecule has 1 aliphatic heterocycles. The van der Waals surface area contributed by atoms with Crippen LogP contribution < -0.4 is 5.32 Å². The van der Waals surface area contributed by atoms with E-state index in [1.165, 1.54) is 38.0 Å². The van der Waals surface area contributed by atoms with E-state index in [1.807, 2.05) is 0 Å². The van der Waals surface area contributed by atoms with Gasteiger partial charge in [0.05, 0.1) is 6.33 Å². The Morgan fingerprint density at radius 2 is 1.70 bits per heavy atom. The lowest BCUT2D eigenvalue weighted by Crippen LogP contribution is -2.40. The summed E-state index contributed by atoms with van der Waals surface area (Å²) in [5, 5.41) is 2.69. The summed E-state index contributed by atoms with van der Waals surface area (Å²) in [6.45, 7) is 6.87. The first-order chi connectivity index (χ1) is 15.6. The van der Waals surface area contributed by atoms with E-state index in [1.54, 1.807) is 13.8 Å². The zero-order chi connectivity index (χ0) is 24.3. The number of anilines is 1. The lowest BCUT2D eigenvalue weighted by Gasteiger charge is -2.23. The second-order valence-electron chi connectivity index (χ2n) is 7.71. The predicted octanol–water partition coefficient (Wildman–Crippen LogP) is 0.745. The summed E-state index contributed by atoms with van der Waals surface area (Å²) < 4.78 is 23.3. The van der Waals surface area contributed by atoms with Crippen molar-refractivity contribution >= 4 is 40.8 Å². The number of hydrogen-bond acceptors (Lipinski definition) is 11. The molecule has 13 nitrogen and oxygen atoms in total. The number of fused-ring (bicyclic) bond motifs is 1. The Morgan fingerprint density at radius 1 is 1.03 bits per heavy atom.